The van der Waals surface area contributed by atoms with E-state index in [0.29, 0.717) is 6.54 Å². The van der Waals surface area contributed by atoms with Crippen LogP contribution in [-0.4, -0.2) is 44.2 Å². The third-order valence-corrected chi connectivity index (χ3v) is 4.10. The highest BCUT2D eigenvalue weighted by atomic mass is 19.1. The van der Waals surface area contributed by atoms with Crippen molar-refractivity contribution in [2.45, 2.75) is 25.9 Å². The molecule has 0 saturated carbocycles. The molecule has 0 unspecified atom stereocenters. The Balaban J connectivity index is 2.29. The van der Waals surface area contributed by atoms with Gasteiger partial charge in [-0.15, -0.1) is 0 Å². The third-order valence-electron chi connectivity index (χ3n) is 4.10. The molecule has 1 aromatic rings. The van der Waals surface area contributed by atoms with Gasteiger partial charge in [0.2, 0.25) is 0 Å². The van der Waals surface area contributed by atoms with Crippen molar-refractivity contribution >= 4 is 5.69 Å². The molecule has 1 heterocycles. The van der Waals surface area contributed by atoms with Crippen LogP contribution < -0.4 is 10.2 Å². The van der Waals surface area contributed by atoms with Gasteiger partial charge in [-0.25, -0.2) is 4.39 Å². The van der Waals surface area contributed by atoms with Crippen molar-refractivity contribution in [1.82, 2.24) is 10.2 Å². The number of rotatable bonds is 3. The third kappa shape index (κ3) is 2.90. The standard InChI is InChI=1S/C15H24FN3/c1-15(2)11-19(9-8-18(15)4)14-7-5-6-13(16)12(14)10-17-3/h5-7,17H,8-11H2,1-4H3. The Hall–Kier alpha value is -1.13. The molecule has 1 fully saturated rings. The molecular weight excluding hydrogens is 241 g/mol. The molecule has 106 valence electrons. The lowest BCUT2D eigenvalue weighted by atomic mass is 9.98. The number of likely N-dealkylation sites (N-methyl/N-ethyl adjacent to an activating group) is 1. The number of piperazine rings is 1. The monoisotopic (exact) mass is 265 g/mol. The topological polar surface area (TPSA) is 18.5 Å². The molecule has 1 saturated heterocycles. The van der Waals surface area contributed by atoms with E-state index in [-0.39, 0.29) is 11.4 Å². The summed E-state index contributed by atoms with van der Waals surface area (Å²) in [6.07, 6.45) is 0. The largest absolute Gasteiger partial charge is 0.368 e. The first kappa shape index (κ1) is 14.3. The average molecular weight is 265 g/mol. The summed E-state index contributed by atoms with van der Waals surface area (Å²) in [6, 6.07) is 5.36. The van der Waals surface area contributed by atoms with Crippen molar-refractivity contribution in [3.05, 3.63) is 29.6 Å². The number of nitrogens with zero attached hydrogens (tertiary/aromatic N) is 2. The van der Waals surface area contributed by atoms with Gasteiger partial charge in [0.05, 0.1) is 0 Å². The Labute approximate surface area is 115 Å². The fourth-order valence-electron chi connectivity index (χ4n) is 2.64. The van der Waals surface area contributed by atoms with Gasteiger partial charge in [0.25, 0.3) is 0 Å². The summed E-state index contributed by atoms with van der Waals surface area (Å²) in [4.78, 5) is 4.66. The van der Waals surface area contributed by atoms with Gasteiger partial charge >= 0.3 is 0 Å². The minimum Gasteiger partial charge on any atom is -0.368 e. The zero-order valence-electron chi connectivity index (χ0n) is 12.3. The Morgan fingerprint density at radius 3 is 2.68 bits per heavy atom. The second kappa shape index (κ2) is 5.47. The molecule has 2 rings (SSSR count). The van der Waals surface area contributed by atoms with Crippen LogP contribution in [0.2, 0.25) is 0 Å². The van der Waals surface area contributed by atoms with Crippen molar-refractivity contribution in [1.29, 1.82) is 0 Å². The molecule has 0 radical (unpaired) electrons. The molecule has 4 heteroatoms. The van der Waals surface area contributed by atoms with Crippen molar-refractivity contribution in [2.24, 2.45) is 0 Å². The molecule has 0 amide bonds. The minimum absolute atomic E-state index is 0.113. The molecule has 1 aliphatic heterocycles. The Morgan fingerprint density at radius 1 is 1.32 bits per heavy atom. The van der Waals surface area contributed by atoms with E-state index in [0.717, 1.165) is 30.9 Å². The lowest BCUT2D eigenvalue weighted by Crippen LogP contribution is -2.58. The van der Waals surface area contributed by atoms with E-state index in [2.05, 4.69) is 36.0 Å². The number of hydrogen-bond donors (Lipinski definition) is 1. The molecule has 1 N–H and O–H groups in total. The summed E-state index contributed by atoms with van der Waals surface area (Å²) in [5.74, 6) is -0.122. The normalized spacial score (nSPS) is 19.7. The molecule has 0 spiro atoms. The van der Waals surface area contributed by atoms with Gasteiger partial charge in [0.1, 0.15) is 5.82 Å². The van der Waals surface area contributed by atoms with Gasteiger partial charge in [0, 0.05) is 43.0 Å². The first-order valence-electron chi connectivity index (χ1n) is 6.84. The maximum Gasteiger partial charge on any atom is 0.129 e. The van der Waals surface area contributed by atoms with Gasteiger partial charge < -0.3 is 10.2 Å². The van der Waals surface area contributed by atoms with Crippen LogP contribution in [0.5, 0.6) is 0 Å². The van der Waals surface area contributed by atoms with E-state index in [9.17, 15) is 4.39 Å². The summed E-state index contributed by atoms with van der Waals surface area (Å²) >= 11 is 0. The number of anilines is 1. The van der Waals surface area contributed by atoms with Crippen LogP contribution in [0.1, 0.15) is 19.4 Å². The van der Waals surface area contributed by atoms with Crippen molar-refractivity contribution in [3.63, 3.8) is 0 Å². The predicted octanol–water partition coefficient (Wildman–Crippen LogP) is 2.08. The molecule has 1 aliphatic rings. The Morgan fingerprint density at radius 2 is 2.05 bits per heavy atom. The molecule has 0 bridgehead atoms. The smallest absolute Gasteiger partial charge is 0.129 e. The van der Waals surface area contributed by atoms with Gasteiger partial charge in [0.15, 0.2) is 0 Å². The number of benzene rings is 1. The number of halogens is 1. The zero-order chi connectivity index (χ0) is 14.0. The van der Waals surface area contributed by atoms with Crippen molar-refractivity contribution in [2.75, 3.05) is 38.6 Å². The average Bonchev–Trinajstić information content (AvgIpc) is 2.35. The second-order valence-corrected chi connectivity index (χ2v) is 5.92. The molecule has 3 nitrogen and oxygen atoms in total. The molecular formula is C15H24FN3. The van der Waals surface area contributed by atoms with Crippen LogP contribution in [0, 0.1) is 5.82 Å². The summed E-state index contributed by atoms with van der Waals surface area (Å²) in [5.41, 5.74) is 1.91. The van der Waals surface area contributed by atoms with Crippen LogP contribution in [0.3, 0.4) is 0 Å². The SMILES string of the molecule is CNCc1c(F)cccc1N1CCN(C)C(C)(C)C1. The highest BCUT2D eigenvalue weighted by molar-refractivity contribution is 5.55. The summed E-state index contributed by atoms with van der Waals surface area (Å²) in [5, 5.41) is 3.06. The number of nitrogens with one attached hydrogen (secondary N) is 1. The minimum atomic E-state index is -0.122. The second-order valence-electron chi connectivity index (χ2n) is 5.92. The van der Waals surface area contributed by atoms with Crippen LogP contribution in [0.4, 0.5) is 10.1 Å². The first-order valence-corrected chi connectivity index (χ1v) is 6.84. The molecule has 0 aliphatic carbocycles. The fraction of sp³-hybridized carbons (Fsp3) is 0.600. The van der Waals surface area contributed by atoms with Crippen molar-refractivity contribution < 1.29 is 4.39 Å². The maximum absolute atomic E-state index is 14.0. The van der Waals surface area contributed by atoms with Crippen LogP contribution in [0.15, 0.2) is 18.2 Å². The highest BCUT2D eigenvalue weighted by Gasteiger charge is 2.32. The molecule has 0 atom stereocenters. The summed E-state index contributed by atoms with van der Waals surface area (Å²) in [6.45, 7) is 7.90. The first-order chi connectivity index (χ1) is 8.95. The van der Waals surface area contributed by atoms with Crippen LogP contribution >= 0.6 is 0 Å². The fourth-order valence-corrected chi connectivity index (χ4v) is 2.64. The predicted molar refractivity (Wildman–Crippen MR) is 78.1 cm³/mol. The maximum atomic E-state index is 14.0. The quantitative estimate of drug-likeness (QED) is 0.902. The van der Waals surface area contributed by atoms with E-state index in [1.54, 1.807) is 6.07 Å². The summed E-state index contributed by atoms with van der Waals surface area (Å²) < 4.78 is 14.0. The van der Waals surface area contributed by atoms with Crippen LogP contribution in [-0.2, 0) is 6.54 Å². The van der Waals surface area contributed by atoms with Gasteiger partial charge in [-0.2, -0.15) is 0 Å². The zero-order valence-corrected chi connectivity index (χ0v) is 12.3. The molecule has 19 heavy (non-hydrogen) atoms. The Kier molecular flexibility index (Phi) is 4.11. The van der Waals surface area contributed by atoms with Gasteiger partial charge in [-0.1, -0.05) is 6.07 Å². The highest BCUT2D eigenvalue weighted by Crippen LogP contribution is 2.28. The van der Waals surface area contributed by atoms with E-state index in [1.807, 2.05) is 13.1 Å². The van der Waals surface area contributed by atoms with Crippen molar-refractivity contribution in [3.8, 4) is 0 Å². The van der Waals surface area contributed by atoms with E-state index in [4.69, 9.17) is 0 Å². The van der Waals surface area contributed by atoms with E-state index >= 15 is 0 Å². The van der Waals surface area contributed by atoms with E-state index in [1.165, 1.54) is 6.07 Å². The van der Waals surface area contributed by atoms with Gasteiger partial charge in [-0.05, 0) is 40.1 Å². The summed E-state index contributed by atoms with van der Waals surface area (Å²) in [7, 11) is 4.00. The van der Waals surface area contributed by atoms with Crippen LogP contribution in [0.25, 0.3) is 0 Å². The molecule has 1 aromatic carbocycles. The lowest BCUT2D eigenvalue weighted by Gasteiger charge is -2.46. The van der Waals surface area contributed by atoms with Gasteiger partial charge in [-0.3, -0.25) is 4.90 Å². The lowest BCUT2D eigenvalue weighted by molar-refractivity contribution is 0.138. The Bertz CT molecular complexity index is 445. The van der Waals surface area contributed by atoms with E-state index < -0.39 is 0 Å². The number of hydrogen-bond acceptors (Lipinski definition) is 3. The molecule has 0 aromatic heterocycles.